The molecule has 21 heavy (non-hydrogen) atoms. The quantitative estimate of drug-likeness (QED) is 0.618. The molecule has 1 rings (SSSR count). The van der Waals surface area contributed by atoms with Gasteiger partial charge in [-0.05, 0) is 31.0 Å². The zero-order valence-electron chi connectivity index (χ0n) is 12.6. The maximum absolute atomic E-state index is 11.4. The fourth-order valence-corrected chi connectivity index (χ4v) is 1.68. The van der Waals surface area contributed by atoms with E-state index in [1.807, 2.05) is 31.2 Å². The summed E-state index contributed by atoms with van der Waals surface area (Å²) in [7, 11) is 1.37. The zero-order chi connectivity index (χ0) is 15.7. The van der Waals surface area contributed by atoms with Gasteiger partial charge in [0.05, 0.1) is 20.1 Å². The smallest absolute Gasteiger partial charge is 0.332 e. The highest BCUT2D eigenvalue weighted by atomic mass is 16.5. The molecule has 0 atom stereocenters. The maximum atomic E-state index is 11.4. The van der Waals surface area contributed by atoms with Crippen LogP contribution in [0.3, 0.4) is 0 Å². The first kappa shape index (κ1) is 16.8. The van der Waals surface area contributed by atoms with E-state index in [9.17, 15) is 9.59 Å². The lowest BCUT2D eigenvalue weighted by Crippen LogP contribution is -2.06. The van der Waals surface area contributed by atoms with Crippen LogP contribution in [0.2, 0.25) is 0 Å². The minimum Gasteiger partial charge on any atom is -0.469 e. The summed E-state index contributed by atoms with van der Waals surface area (Å²) in [5.74, 6) is -0.628. The van der Waals surface area contributed by atoms with Gasteiger partial charge in [-0.25, -0.2) is 4.79 Å². The van der Waals surface area contributed by atoms with Crippen molar-refractivity contribution in [3.05, 3.63) is 41.6 Å². The van der Waals surface area contributed by atoms with E-state index in [-0.39, 0.29) is 18.4 Å². The van der Waals surface area contributed by atoms with Crippen molar-refractivity contribution < 1.29 is 19.1 Å². The molecule has 0 heterocycles. The van der Waals surface area contributed by atoms with Crippen molar-refractivity contribution in [1.82, 2.24) is 0 Å². The topological polar surface area (TPSA) is 64.6 Å². The third kappa shape index (κ3) is 6.12. The molecule has 0 aliphatic rings. The molecule has 1 aromatic rings. The van der Waals surface area contributed by atoms with Gasteiger partial charge in [-0.1, -0.05) is 19.1 Å². The monoisotopic (exact) mass is 291 g/mol. The molecule has 0 amide bonds. The summed E-state index contributed by atoms with van der Waals surface area (Å²) >= 11 is 0. The van der Waals surface area contributed by atoms with Gasteiger partial charge >= 0.3 is 11.9 Å². The summed E-state index contributed by atoms with van der Waals surface area (Å²) in [5.41, 5.74) is 2.50. The molecule has 0 aromatic heterocycles. The van der Waals surface area contributed by atoms with Gasteiger partial charge in [0.25, 0.3) is 0 Å². The number of hydrogen-bond acceptors (Lipinski definition) is 5. The first-order valence-corrected chi connectivity index (χ1v) is 6.89. The van der Waals surface area contributed by atoms with Crippen molar-refractivity contribution in [2.75, 3.05) is 19.0 Å². The molecule has 5 nitrogen and oxygen atoms in total. The van der Waals surface area contributed by atoms with Crippen molar-refractivity contribution in [3.8, 4) is 0 Å². The molecule has 0 aliphatic carbocycles. The molecule has 114 valence electrons. The first-order chi connectivity index (χ1) is 10.1. The Bertz CT molecular complexity index is 506. The van der Waals surface area contributed by atoms with Gasteiger partial charge in [0.1, 0.15) is 0 Å². The lowest BCUT2D eigenvalue weighted by atomic mass is 10.1. The van der Waals surface area contributed by atoms with Crippen LogP contribution in [0.4, 0.5) is 5.69 Å². The lowest BCUT2D eigenvalue weighted by Gasteiger charge is -2.10. The molecule has 0 saturated heterocycles. The van der Waals surface area contributed by atoms with Crippen LogP contribution in [0.5, 0.6) is 0 Å². The maximum Gasteiger partial charge on any atom is 0.332 e. The van der Waals surface area contributed by atoms with Crippen LogP contribution < -0.4 is 5.32 Å². The molecular formula is C16H21NO4. The van der Waals surface area contributed by atoms with E-state index < -0.39 is 0 Å². The second kappa shape index (κ2) is 8.79. The van der Waals surface area contributed by atoms with Gasteiger partial charge in [-0.2, -0.15) is 0 Å². The van der Waals surface area contributed by atoms with E-state index in [4.69, 9.17) is 4.74 Å². The third-order valence-electron chi connectivity index (χ3n) is 2.79. The summed E-state index contributed by atoms with van der Waals surface area (Å²) < 4.78 is 9.50. The number of carbonyl (C=O) groups excluding carboxylic acids is 2. The first-order valence-electron chi connectivity index (χ1n) is 6.89. The summed E-state index contributed by atoms with van der Waals surface area (Å²) in [6.45, 7) is 4.07. The minimum atomic E-state index is -0.357. The van der Waals surface area contributed by atoms with Crippen molar-refractivity contribution in [2.24, 2.45) is 0 Å². The molecule has 0 saturated carbocycles. The van der Waals surface area contributed by atoms with E-state index >= 15 is 0 Å². The molecule has 1 aromatic carbocycles. The Morgan fingerprint density at radius 2 is 1.86 bits per heavy atom. The van der Waals surface area contributed by atoms with Gasteiger partial charge in [-0.3, -0.25) is 4.79 Å². The number of esters is 2. The Kier molecular flexibility index (Phi) is 7.01. The Morgan fingerprint density at radius 1 is 1.19 bits per heavy atom. The lowest BCUT2D eigenvalue weighted by molar-refractivity contribution is -0.140. The highest BCUT2D eigenvalue weighted by Gasteiger charge is 2.04. The van der Waals surface area contributed by atoms with Crippen LogP contribution in [0.15, 0.2) is 36.0 Å². The van der Waals surface area contributed by atoms with E-state index in [0.717, 1.165) is 16.9 Å². The van der Waals surface area contributed by atoms with Gasteiger partial charge < -0.3 is 14.8 Å². The van der Waals surface area contributed by atoms with E-state index in [1.54, 1.807) is 6.92 Å². The Labute approximate surface area is 124 Å². The fourth-order valence-electron chi connectivity index (χ4n) is 1.68. The SMILES string of the molecule is CCOC(=O)C=C(CC)Nc1ccc(CC(=O)OC)cc1. The number of carbonyl (C=O) groups is 2. The Morgan fingerprint density at radius 3 is 2.38 bits per heavy atom. The van der Waals surface area contributed by atoms with Gasteiger partial charge in [0, 0.05) is 17.5 Å². The number of methoxy groups -OCH3 is 1. The highest BCUT2D eigenvalue weighted by molar-refractivity contribution is 5.83. The normalized spacial score (nSPS) is 10.9. The third-order valence-corrected chi connectivity index (χ3v) is 2.79. The van der Waals surface area contributed by atoms with Crippen LogP contribution in [0.25, 0.3) is 0 Å². The van der Waals surface area contributed by atoms with Crippen LogP contribution >= 0.6 is 0 Å². The van der Waals surface area contributed by atoms with E-state index in [2.05, 4.69) is 10.1 Å². The van der Waals surface area contributed by atoms with Crippen LogP contribution in [0.1, 0.15) is 25.8 Å². The summed E-state index contributed by atoms with van der Waals surface area (Å²) in [6.07, 6.45) is 2.38. The van der Waals surface area contributed by atoms with Gasteiger partial charge in [0.2, 0.25) is 0 Å². The predicted molar refractivity (Wildman–Crippen MR) is 80.8 cm³/mol. The molecule has 0 fully saturated rings. The van der Waals surface area contributed by atoms with Crippen LogP contribution in [-0.2, 0) is 25.5 Å². The molecule has 0 spiro atoms. The molecule has 1 N–H and O–H groups in total. The minimum absolute atomic E-state index is 0.246. The average Bonchev–Trinajstić information content (AvgIpc) is 2.48. The van der Waals surface area contributed by atoms with Crippen molar-refractivity contribution >= 4 is 17.6 Å². The largest absolute Gasteiger partial charge is 0.469 e. The number of anilines is 1. The molecular weight excluding hydrogens is 270 g/mol. The molecule has 0 radical (unpaired) electrons. The fraction of sp³-hybridized carbons (Fsp3) is 0.375. The standard InChI is InChI=1S/C16H21NO4/c1-4-13(11-16(19)21-5-2)17-14-8-6-12(7-9-14)10-15(18)20-3/h6-9,11,17H,4-5,10H2,1-3H3. The van der Waals surface area contributed by atoms with Crippen molar-refractivity contribution in [3.63, 3.8) is 0 Å². The van der Waals surface area contributed by atoms with Crippen molar-refractivity contribution in [2.45, 2.75) is 26.7 Å². The van der Waals surface area contributed by atoms with E-state index in [1.165, 1.54) is 13.2 Å². The predicted octanol–water partition coefficient (Wildman–Crippen LogP) is 2.67. The second-order valence-corrected chi connectivity index (χ2v) is 4.35. The zero-order valence-corrected chi connectivity index (χ0v) is 12.6. The molecule has 5 heteroatoms. The number of hydrogen-bond donors (Lipinski definition) is 1. The Balaban J connectivity index is 2.69. The van der Waals surface area contributed by atoms with Gasteiger partial charge in [0.15, 0.2) is 0 Å². The van der Waals surface area contributed by atoms with E-state index in [0.29, 0.717) is 13.0 Å². The molecule has 0 bridgehead atoms. The molecule has 0 aliphatic heterocycles. The highest BCUT2D eigenvalue weighted by Crippen LogP contribution is 2.14. The Hall–Kier alpha value is -2.30. The number of benzene rings is 1. The summed E-state index contributed by atoms with van der Waals surface area (Å²) in [4.78, 5) is 22.6. The van der Waals surface area contributed by atoms with Crippen LogP contribution in [0, 0.1) is 0 Å². The average molecular weight is 291 g/mol. The number of ether oxygens (including phenoxy) is 2. The summed E-state index contributed by atoms with van der Waals surface area (Å²) in [6, 6.07) is 7.40. The number of rotatable bonds is 7. The summed E-state index contributed by atoms with van der Waals surface area (Å²) in [5, 5.41) is 3.16. The molecule has 0 unspecified atom stereocenters. The number of nitrogens with one attached hydrogen (secondary N) is 1. The van der Waals surface area contributed by atoms with Crippen LogP contribution in [-0.4, -0.2) is 25.7 Å². The van der Waals surface area contributed by atoms with Crippen molar-refractivity contribution in [1.29, 1.82) is 0 Å². The number of allylic oxidation sites excluding steroid dienone is 1. The second-order valence-electron chi connectivity index (χ2n) is 4.35. The van der Waals surface area contributed by atoms with Gasteiger partial charge in [-0.15, -0.1) is 0 Å².